The second kappa shape index (κ2) is 9.64. The van der Waals surface area contributed by atoms with Crippen LogP contribution in [0.2, 0.25) is 5.02 Å². The van der Waals surface area contributed by atoms with Gasteiger partial charge in [0, 0.05) is 41.9 Å². The molecule has 0 aliphatic carbocycles. The fourth-order valence-corrected chi connectivity index (χ4v) is 3.97. The lowest BCUT2D eigenvalue weighted by molar-refractivity contribution is -0.114. The summed E-state index contributed by atoms with van der Waals surface area (Å²) in [7, 11) is 2.01. The Bertz CT molecular complexity index is 961. The van der Waals surface area contributed by atoms with E-state index in [1.807, 2.05) is 44.2 Å². The van der Waals surface area contributed by atoms with Crippen LogP contribution in [0.4, 0.5) is 5.69 Å². The third-order valence-electron chi connectivity index (χ3n) is 5.33. The van der Waals surface area contributed by atoms with Crippen LogP contribution in [-0.2, 0) is 9.53 Å². The van der Waals surface area contributed by atoms with Gasteiger partial charge in [0.1, 0.15) is 20.1 Å². The number of hydrogen-bond acceptors (Lipinski definition) is 5. The van der Waals surface area contributed by atoms with Gasteiger partial charge in [-0.3, -0.25) is 14.7 Å². The first-order valence-corrected chi connectivity index (χ1v) is 10.7. The molecule has 30 heavy (non-hydrogen) atoms. The largest absolute Gasteiger partial charge is 0.494 e. The van der Waals surface area contributed by atoms with Crippen LogP contribution in [0.3, 0.4) is 0 Å². The second-order valence-electron chi connectivity index (χ2n) is 7.51. The Morgan fingerprint density at radius 2 is 2.00 bits per heavy atom. The lowest BCUT2D eigenvalue weighted by atomic mass is 9.89. The average molecular weight is 426 g/mol. The number of benzodiazepines with no additional fused rings is 1. The normalized spacial score (nSPS) is 17.0. The van der Waals surface area contributed by atoms with E-state index >= 15 is 0 Å². The van der Waals surface area contributed by atoms with Crippen LogP contribution in [0, 0.1) is 0 Å². The van der Waals surface area contributed by atoms with Crippen molar-refractivity contribution in [2.24, 2.45) is 4.99 Å². The van der Waals surface area contributed by atoms with Gasteiger partial charge in [0.25, 0.3) is 0 Å². The number of nitrogens with zero attached hydrogens (tertiary/aromatic N) is 2. The number of aliphatic imine (C=N–C) groups is 1. The first-order valence-electron chi connectivity index (χ1n) is 10.3. The summed E-state index contributed by atoms with van der Waals surface area (Å²) >= 11 is 6.41. The molecule has 1 fully saturated rings. The second-order valence-corrected chi connectivity index (χ2v) is 7.92. The number of rotatable bonds is 6. The van der Waals surface area contributed by atoms with E-state index in [4.69, 9.17) is 21.1 Å². The Balaban J connectivity index is 1.52. The van der Waals surface area contributed by atoms with Crippen LogP contribution in [0.5, 0.6) is 5.75 Å². The molecule has 2 aliphatic heterocycles. The zero-order valence-corrected chi connectivity index (χ0v) is 17.9. The van der Waals surface area contributed by atoms with Gasteiger partial charge in [0.05, 0.1) is 31.2 Å². The van der Waals surface area contributed by atoms with Crippen molar-refractivity contribution >= 4 is 42.2 Å². The summed E-state index contributed by atoms with van der Waals surface area (Å²) < 4.78 is 11.4. The number of benzene rings is 2. The molecule has 8 heteroatoms. The summed E-state index contributed by atoms with van der Waals surface area (Å²) in [5, 5.41) is 3.56. The Labute approximate surface area is 182 Å². The number of nitrogens with one attached hydrogen (secondary N) is 1. The molecular weight excluding hydrogens is 401 g/mol. The molecule has 4 rings (SSSR count). The molecule has 0 radical (unpaired) electrons. The first-order chi connectivity index (χ1) is 14.6. The number of hydrogen-bond donors (Lipinski definition) is 1. The smallest absolute Gasteiger partial charge is 0.246 e. The maximum atomic E-state index is 12.2. The molecule has 2 heterocycles. The molecule has 0 aromatic heterocycles. The Morgan fingerprint density at radius 3 is 2.80 bits per heavy atom. The summed E-state index contributed by atoms with van der Waals surface area (Å²) in [5.74, 6) is 0.622. The van der Waals surface area contributed by atoms with Gasteiger partial charge in [0.15, 0.2) is 0 Å². The summed E-state index contributed by atoms with van der Waals surface area (Å²) in [6.07, 6.45) is 0.940. The highest BCUT2D eigenvalue weighted by Crippen LogP contribution is 2.28. The van der Waals surface area contributed by atoms with Gasteiger partial charge in [-0.25, -0.2) is 0 Å². The maximum absolute atomic E-state index is 12.2. The van der Waals surface area contributed by atoms with Crippen LogP contribution in [0.25, 0.3) is 0 Å². The van der Waals surface area contributed by atoms with Gasteiger partial charge in [-0.15, -0.1) is 0 Å². The molecule has 2 aromatic carbocycles. The lowest BCUT2D eigenvalue weighted by Gasteiger charge is -2.26. The molecule has 1 saturated heterocycles. The molecule has 156 valence electrons. The predicted molar refractivity (Wildman–Crippen MR) is 123 cm³/mol. The van der Waals surface area contributed by atoms with Crippen molar-refractivity contribution in [3.8, 4) is 5.75 Å². The van der Waals surface area contributed by atoms with Gasteiger partial charge in [-0.2, -0.15) is 0 Å². The topological polar surface area (TPSA) is 63.2 Å². The van der Waals surface area contributed by atoms with E-state index in [9.17, 15) is 4.79 Å². The number of morpholine rings is 1. The molecule has 1 amide bonds. The number of carbonyl (C=O) groups excluding carboxylic acids is 1. The predicted octanol–water partition coefficient (Wildman–Crippen LogP) is 1.49. The van der Waals surface area contributed by atoms with E-state index in [1.165, 1.54) is 0 Å². The highest BCUT2D eigenvalue weighted by Gasteiger charge is 2.21. The standard InChI is InChI=1S/C22H25BClN3O3/c23-17-12-16-19(13-20(17)30-9-3-6-27-7-10-29-11-8-27)26-21(28)14-25-22(16)15-4-1-2-5-18(15)24/h1-2,4-5,12-13H,3,6-11,14,23H2,(H,26,28). The van der Waals surface area contributed by atoms with Gasteiger partial charge in [-0.05, 0) is 17.9 Å². The number of amides is 1. The van der Waals surface area contributed by atoms with E-state index in [0.717, 1.165) is 67.3 Å². The van der Waals surface area contributed by atoms with Crippen LogP contribution in [-0.4, -0.2) is 70.4 Å². The van der Waals surface area contributed by atoms with Crippen molar-refractivity contribution in [1.82, 2.24) is 4.90 Å². The van der Waals surface area contributed by atoms with Crippen molar-refractivity contribution in [1.29, 1.82) is 0 Å². The Hall–Kier alpha value is -2.35. The lowest BCUT2D eigenvalue weighted by Crippen LogP contribution is -2.37. The summed E-state index contributed by atoms with van der Waals surface area (Å²) in [6.45, 7) is 5.25. The van der Waals surface area contributed by atoms with Crippen LogP contribution in [0.15, 0.2) is 41.4 Å². The SMILES string of the molecule is Bc1cc2c(cc1OCCCN1CCOCC1)NC(=O)CN=C2c1ccccc1Cl. The van der Waals surface area contributed by atoms with Crippen LogP contribution < -0.4 is 15.5 Å². The first kappa shape index (κ1) is 20.9. The molecule has 0 atom stereocenters. The van der Waals surface area contributed by atoms with Crippen molar-refractivity contribution < 1.29 is 14.3 Å². The van der Waals surface area contributed by atoms with Crippen LogP contribution >= 0.6 is 11.6 Å². The number of carbonyl (C=O) groups is 1. The van der Waals surface area contributed by atoms with E-state index in [2.05, 4.69) is 15.2 Å². The maximum Gasteiger partial charge on any atom is 0.246 e. The van der Waals surface area contributed by atoms with Gasteiger partial charge >= 0.3 is 0 Å². The molecular formula is C22H25BClN3O3. The molecule has 0 bridgehead atoms. The fraction of sp³-hybridized carbons (Fsp3) is 0.364. The summed E-state index contributed by atoms with van der Waals surface area (Å²) in [4.78, 5) is 19.2. The van der Waals surface area contributed by atoms with Gasteiger partial charge in [-0.1, -0.05) is 35.9 Å². The quantitative estimate of drug-likeness (QED) is 0.563. The number of halogens is 1. The average Bonchev–Trinajstić information content (AvgIpc) is 2.90. The molecule has 0 spiro atoms. The Morgan fingerprint density at radius 1 is 1.20 bits per heavy atom. The number of anilines is 1. The van der Waals surface area contributed by atoms with Crippen molar-refractivity contribution in [2.45, 2.75) is 6.42 Å². The number of ether oxygens (including phenoxy) is 2. The Kier molecular flexibility index (Phi) is 6.72. The third kappa shape index (κ3) is 4.86. The monoisotopic (exact) mass is 425 g/mol. The van der Waals surface area contributed by atoms with E-state index < -0.39 is 0 Å². The summed E-state index contributed by atoms with van der Waals surface area (Å²) in [6, 6.07) is 11.5. The minimum Gasteiger partial charge on any atom is -0.494 e. The zero-order valence-electron chi connectivity index (χ0n) is 17.1. The highest BCUT2D eigenvalue weighted by molar-refractivity contribution is 6.38. The molecule has 0 unspecified atom stereocenters. The van der Waals surface area contributed by atoms with Gasteiger partial charge < -0.3 is 14.8 Å². The molecule has 2 aromatic rings. The molecule has 2 aliphatic rings. The summed E-state index contributed by atoms with van der Waals surface area (Å²) in [5.41, 5.74) is 4.08. The van der Waals surface area contributed by atoms with Crippen molar-refractivity contribution in [3.05, 3.63) is 52.5 Å². The van der Waals surface area contributed by atoms with E-state index in [1.54, 1.807) is 0 Å². The van der Waals surface area contributed by atoms with E-state index in [0.29, 0.717) is 17.3 Å². The minimum absolute atomic E-state index is 0.0595. The minimum atomic E-state index is -0.152. The zero-order chi connectivity index (χ0) is 20.9. The van der Waals surface area contributed by atoms with Crippen molar-refractivity contribution in [2.75, 3.05) is 51.3 Å². The van der Waals surface area contributed by atoms with Gasteiger partial charge in [0.2, 0.25) is 5.91 Å². The molecule has 6 nitrogen and oxygen atoms in total. The third-order valence-corrected chi connectivity index (χ3v) is 5.66. The molecule has 1 N–H and O–H groups in total. The molecule has 0 saturated carbocycles. The van der Waals surface area contributed by atoms with Crippen LogP contribution in [0.1, 0.15) is 17.5 Å². The fourth-order valence-electron chi connectivity index (χ4n) is 3.75. The van der Waals surface area contributed by atoms with Crippen molar-refractivity contribution in [3.63, 3.8) is 0 Å². The van der Waals surface area contributed by atoms with E-state index in [-0.39, 0.29) is 12.5 Å². The highest BCUT2D eigenvalue weighted by atomic mass is 35.5. The number of fused-ring (bicyclic) bond motifs is 1.